The van der Waals surface area contributed by atoms with Crippen molar-refractivity contribution >= 4 is 0 Å². The van der Waals surface area contributed by atoms with Crippen LogP contribution in [0.2, 0.25) is 0 Å². The Labute approximate surface area is 175 Å². The van der Waals surface area contributed by atoms with Crippen molar-refractivity contribution in [3.05, 3.63) is 72.5 Å². The average Bonchev–Trinajstić information content (AvgIpc) is 2.74. The molecule has 0 aromatic heterocycles. The Bertz CT molecular complexity index is 922. The Kier molecular flexibility index (Phi) is 7.77. The van der Waals surface area contributed by atoms with Crippen molar-refractivity contribution in [2.75, 3.05) is 6.61 Å². The molecule has 2 nitrogen and oxygen atoms in total. The second-order valence-corrected chi connectivity index (χ2v) is 7.03. The summed E-state index contributed by atoms with van der Waals surface area (Å²) in [6, 6.07) is 18.8. The largest absolute Gasteiger partial charge is 0.493 e. The summed E-state index contributed by atoms with van der Waals surface area (Å²) in [7, 11) is 0. The number of unbranched alkanes of at least 4 members (excludes halogenated alkanes) is 3. The van der Waals surface area contributed by atoms with E-state index < -0.39 is 6.61 Å². The first kappa shape index (κ1) is 21.8. The van der Waals surface area contributed by atoms with Crippen molar-refractivity contribution in [1.29, 1.82) is 0 Å². The summed E-state index contributed by atoms with van der Waals surface area (Å²) in [5, 5.41) is 0. The van der Waals surface area contributed by atoms with E-state index in [0.717, 1.165) is 29.5 Å². The summed E-state index contributed by atoms with van der Waals surface area (Å²) in [4.78, 5) is 0. The monoisotopic (exact) mass is 414 g/mol. The van der Waals surface area contributed by atoms with Gasteiger partial charge in [0.05, 0.1) is 6.61 Å². The van der Waals surface area contributed by atoms with Crippen LogP contribution in [0.3, 0.4) is 0 Å². The summed E-state index contributed by atoms with van der Waals surface area (Å²) in [5.74, 6) is 0.317. The van der Waals surface area contributed by atoms with Crippen molar-refractivity contribution < 1.29 is 22.6 Å². The number of ether oxygens (including phenoxy) is 2. The normalized spacial score (nSPS) is 11.0. The first-order valence-corrected chi connectivity index (χ1v) is 10.1. The minimum atomic E-state index is -2.84. The molecule has 0 radical (unpaired) electrons. The number of hydrogen-bond acceptors (Lipinski definition) is 2. The number of halogens is 3. The minimum absolute atomic E-state index is 0.111. The van der Waals surface area contributed by atoms with Gasteiger partial charge in [-0.15, -0.1) is 0 Å². The van der Waals surface area contributed by atoms with Gasteiger partial charge < -0.3 is 9.47 Å². The maximum atomic E-state index is 14.6. The second kappa shape index (κ2) is 10.7. The highest BCUT2D eigenvalue weighted by molar-refractivity contribution is 5.71. The van der Waals surface area contributed by atoms with Gasteiger partial charge in [-0.2, -0.15) is 8.78 Å². The molecular weight excluding hydrogens is 389 g/mol. The van der Waals surface area contributed by atoms with Crippen LogP contribution in [0.4, 0.5) is 13.2 Å². The summed E-state index contributed by atoms with van der Waals surface area (Å²) in [6.07, 6.45) is 4.43. The van der Waals surface area contributed by atoms with Gasteiger partial charge in [-0.3, -0.25) is 0 Å². The van der Waals surface area contributed by atoms with E-state index >= 15 is 0 Å². The number of alkyl halides is 2. The Morgan fingerprint density at radius 2 is 1.33 bits per heavy atom. The van der Waals surface area contributed by atoms with Crippen molar-refractivity contribution in [3.8, 4) is 33.8 Å². The first-order valence-electron chi connectivity index (χ1n) is 10.1. The topological polar surface area (TPSA) is 18.5 Å². The zero-order chi connectivity index (χ0) is 21.3. The quantitative estimate of drug-likeness (QED) is 0.316. The SMILES string of the molecule is CCCCCCOc1ccc(-c2ccc(-c3ccc(OC(F)F)cc3)cc2)c(F)c1. The number of benzene rings is 3. The van der Waals surface area contributed by atoms with Crippen LogP contribution in [0, 0.1) is 5.82 Å². The summed E-state index contributed by atoms with van der Waals surface area (Å²) >= 11 is 0. The highest BCUT2D eigenvalue weighted by Gasteiger charge is 2.08. The third-order valence-corrected chi connectivity index (χ3v) is 4.82. The van der Waals surface area contributed by atoms with Crippen LogP contribution in [-0.2, 0) is 0 Å². The molecule has 0 N–H and O–H groups in total. The third kappa shape index (κ3) is 6.02. The van der Waals surface area contributed by atoms with Crippen LogP contribution >= 0.6 is 0 Å². The van der Waals surface area contributed by atoms with Gasteiger partial charge in [-0.1, -0.05) is 62.6 Å². The van der Waals surface area contributed by atoms with Gasteiger partial charge in [0.25, 0.3) is 0 Å². The van der Waals surface area contributed by atoms with Gasteiger partial charge in [0.1, 0.15) is 17.3 Å². The van der Waals surface area contributed by atoms with Gasteiger partial charge >= 0.3 is 6.61 Å². The summed E-state index contributed by atoms with van der Waals surface area (Å²) in [6.45, 7) is -0.0969. The molecule has 0 aliphatic heterocycles. The second-order valence-electron chi connectivity index (χ2n) is 7.03. The smallest absolute Gasteiger partial charge is 0.387 e. The highest BCUT2D eigenvalue weighted by Crippen LogP contribution is 2.29. The van der Waals surface area contributed by atoms with E-state index in [1.807, 2.05) is 24.3 Å². The molecule has 3 aromatic rings. The van der Waals surface area contributed by atoms with Crippen molar-refractivity contribution in [2.24, 2.45) is 0 Å². The van der Waals surface area contributed by atoms with Gasteiger partial charge in [-0.05, 0) is 47.4 Å². The third-order valence-electron chi connectivity index (χ3n) is 4.82. The predicted molar refractivity (Wildman–Crippen MR) is 114 cm³/mol. The van der Waals surface area contributed by atoms with Gasteiger partial charge in [-0.25, -0.2) is 4.39 Å². The van der Waals surface area contributed by atoms with E-state index in [4.69, 9.17) is 4.74 Å². The molecule has 30 heavy (non-hydrogen) atoms. The fraction of sp³-hybridized carbons (Fsp3) is 0.280. The number of hydrogen-bond donors (Lipinski definition) is 0. The molecular formula is C25H25F3O2. The van der Waals surface area contributed by atoms with Crippen LogP contribution in [0.15, 0.2) is 66.7 Å². The molecule has 0 aliphatic rings. The van der Waals surface area contributed by atoms with E-state index in [1.54, 1.807) is 24.3 Å². The van der Waals surface area contributed by atoms with Gasteiger partial charge in [0, 0.05) is 11.6 Å². The zero-order valence-electron chi connectivity index (χ0n) is 16.9. The Morgan fingerprint density at radius 3 is 1.93 bits per heavy atom. The lowest BCUT2D eigenvalue weighted by Crippen LogP contribution is -2.01. The molecule has 0 bridgehead atoms. The lowest BCUT2D eigenvalue weighted by atomic mass is 10.00. The lowest BCUT2D eigenvalue weighted by Gasteiger charge is -2.10. The predicted octanol–water partition coefficient (Wildman–Crippen LogP) is 7.72. The zero-order valence-corrected chi connectivity index (χ0v) is 16.9. The van der Waals surface area contributed by atoms with Crippen LogP contribution in [0.25, 0.3) is 22.3 Å². The molecule has 0 unspecified atom stereocenters. The molecule has 0 atom stereocenters. The number of rotatable bonds is 10. The van der Waals surface area contributed by atoms with Gasteiger partial charge in [0.15, 0.2) is 0 Å². The van der Waals surface area contributed by atoms with E-state index in [0.29, 0.717) is 17.9 Å². The van der Waals surface area contributed by atoms with Crippen LogP contribution in [-0.4, -0.2) is 13.2 Å². The molecule has 5 heteroatoms. The molecule has 0 amide bonds. The van der Waals surface area contributed by atoms with Crippen LogP contribution in [0.5, 0.6) is 11.5 Å². The van der Waals surface area contributed by atoms with E-state index in [2.05, 4.69) is 11.7 Å². The van der Waals surface area contributed by atoms with Crippen LogP contribution in [0.1, 0.15) is 32.6 Å². The molecule has 0 fully saturated rings. The molecule has 0 aliphatic carbocycles. The van der Waals surface area contributed by atoms with Crippen molar-refractivity contribution in [3.63, 3.8) is 0 Å². The Hall–Kier alpha value is -2.95. The fourth-order valence-electron chi connectivity index (χ4n) is 3.21. The molecule has 3 rings (SSSR count). The van der Waals surface area contributed by atoms with E-state index in [9.17, 15) is 13.2 Å². The maximum Gasteiger partial charge on any atom is 0.387 e. The van der Waals surface area contributed by atoms with E-state index in [1.165, 1.54) is 31.0 Å². The molecule has 0 saturated carbocycles. The Morgan fingerprint density at radius 1 is 0.733 bits per heavy atom. The maximum absolute atomic E-state index is 14.6. The molecule has 0 heterocycles. The summed E-state index contributed by atoms with van der Waals surface area (Å²) in [5.41, 5.74) is 3.01. The van der Waals surface area contributed by atoms with Gasteiger partial charge in [0.2, 0.25) is 0 Å². The minimum Gasteiger partial charge on any atom is -0.493 e. The molecule has 158 valence electrons. The van der Waals surface area contributed by atoms with Crippen LogP contribution < -0.4 is 9.47 Å². The molecule has 0 spiro atoms. The average molecular weight is 414 g/mol. The summed E-state index contributed by atoms with van der Waals surface area (Å²) < 4.78 is 49.1. The first-order chi connectivity index (χ1) is 14.6. The van der Waals surface area contributed by atoms with E-state index in [-0.39, 0.29) is 11.6 Å². The van der Waals surface area contributed by atoms with Crippen molar-refractivity contribution in [2.45, 2.75) is 39.2 Å². The van der Waals surface area contributed by atoms with Crippen molar-refractivity contribution in [1.82, 2.24) is 0 Å². The highest BCUT2D eigenvalue weighted by atomic mass is 19.3. The Balaban J connectivity index is 1.65. The standard InChI is InChI=1S/C25H25F3O2/c1-2-3-4-5-16-29-22-14-15-23(24(26)17-22)20-8-6-18(7-9-20)19-10-12-21(13-11-19)30-25(27)28/h6-15,17,25H,2-5,16H2,1H3. The lowest BCUT2D eigenvalue weighted by molar-refractivity contribution is -0.0498. The molecule has 3 aromatic carbocycles. The fourth-order valence-corrected chi connectivity index (χ4v) is 3.21. The molecule has 0 saturated heterocycles.